The molecule has 4 nitrogen and oxygen atoms in total. The van der Waals surface area contributed by atoms with Crippen LogP contribution in [0.25, 0.3) is 0 Å². The summed E-state index contributed by atoms with van der Waals surface area (Å²) >= 11 is 0. The van der Waals surface area contributed by atoms with Crippen LogP contribution in [-0.4, -0.2) is 21.5 Å². The molecule has 1 heterocycles. The Hall–Kier alpha value is -2.16. The number of benzene rings is 2. The first-order valence-corrected chi connectivity index (χ1v) is 8.66. The van der Waals surface area contributed by atoms with Crippen LogP contribution in [0.15, 0.2) is 58.3 Å². The second-order valence-corrected chi connectivity index (χ2v) is 7.32. The maximum Gasteiger partial charge on any atom is 0.206 e. The van der Waals surface area contributed by atoms with Crippen LogP contribution in [0, 0.1) is 11.3 Å². The molecular formula is C17H16N2O2S. The highest BCUT2D eigenvalue weighted by Crippen LogP contribution is 2.29. The van der Waals surface area contributed by atoms with Crippen LogP contribution in [-0.2, 0) is 9.84 Å². The summed E-state index contributed by atoms with van der Waals surface area (Å²) in [6.45, 7) is 1.76. The lowest BCUT2D eigenvalue weighted by atomic mass is 9.94. The fraction of sp³-hybridized carbons (Fsp3) is 0.235. The van der Waals surface area contributed by atoms with Gasteiger partial charge >= 0.3 is 0 Å². The molecule has 0 radical (unpaired) electrons. The second kappa shape index (κ2) is 5.91. The molecule has 3 rings (SSSR count). The van der Waals surface area contributed by atoms with Crippen molar-refractivity contribution >= 4 is 9.84 Å². The molecule has 22 heavy (non-hydrogen) atoms. The van der Waals surface area contributed by atoms with Crippen molar-refractivity contribution in [2.45, 2.75) is 22.1 Å². The van der Waals surface area contributed by atoms with Crippen LogP contribution in [0.1, 0.15) is 23.5 Å². The first-order chi connectivity index (χ1) is 10.6. The molecule has 2 aromatic rings. The van der Waals surface area contributed by atoms with Crippen molar-refractivity contribution in [3.05, 3.63) is 59.7 Å². The van der Waals surface area contributed by atoms with Gasteiger partial charge in [-0.15, -0.1) is 0 Å². The molecule has 5 heteroatoms. The third-order valence-electron chi connectivity index (χ3n) is 4.01. The second-order valence-electron chi connectivity index (χ2n) is 5.37. The summed E-state index contributed by atoms with van der Waals surface area (Å²) in [4.78, 5) is 0.416. The summed E-state index contributed by atoms with van der Waals surface area (Å²) in [6.07, 6.45) is 0.972. The smallest absolute Gasteiger partial charge is 0.206 e. The molecule has 1 saturated heterocycles. The molecule has 0 aliphatic carbocycles. The molecule has 1 fully saturated rings. The van der Waals surface area contributed by atoms with Crippen LogP contribution in [0.3, 0.4) is 0 Å². The van der Waals surface area contributed by atoms with Gasteiger partial charge in [-0.3, -0.25) is 0 Å². The predicted molar refractivity (Wildman–Crippen MR) is 83.3 cm³/mol. The Kier molecular flexibility index (Phi) is 3.97. The average molecular weight is 312 g/mol. The number of hydrogen-bond donors (Lipinski definition) is 1. The monoisotopic (exact) mass is 312 g/mol. The zero-order valence-corrected chi connectivity index (χ0v) is 12.8. The Balaban J connectivity index is 2.04. The van der Waals surface area contributed by atoms with Crippen LogP contribution >= 0.6 is 0 Å². The van der Waals surface area contributed by atoms with E-state index in [0.29, 0.717) is 5.56 Å². The minimum Gasteiger partial charge on any atom is -0.316 e. The van der Waals surface area contributed by atoms with E-state index in [2.05, 4.69) is 11.4 Å². The molecular weight excluding hydrogens is 296 g/mol. The molecule has 0 amide bonds. The van der Waals surface area contributed by atoms with Gasteiger partial charge in [0, 0.05) is 6.54 Å². The van der Waals surface area contributed by atoms with Gasteiger partial charge in [-0.1, -0.05) is 24.3 Å². The first kappa shape index (κ1) is 14.8. The summed E-state index contributed by atoms with van der Waals surface area (Å²) in [5, 5.41) is 12.6. The van der Waals surface area contributed by atoms with Crippen molar-refractivity contribution < 1.29 is 8.42 Å². The zero-order valence-electron chi connectivity index (χ0n) is 12.0. The molecule has 1 aliphatic rings. The number of sulfone groups is 1. The number of nitrogens with zero attached hydrogens (tertiary/aromatic N) is 1. The number of nitrogens with one attached hydrogen (secondary N) is 1. The summed E-state index contributed by atoms with van der Waals surface area (Å²) in [5.74, 6) is 0.281. The lowest BCUT2D eigenvalue weighted by molar-refractivity contribution is 0.596. The van der Waals surface area contributed by atoms with Gasteiger partial charge in [-0.05, 0) is 48.7 Å². The number of hydrogen-bond acceptors (Lipinski definition) is 4. The number of nitriles is 1. The van der Waals surface area contributed by atoms with Gasteiger partial charge in [0.1, 0.15) is 0 Å². The standard InChI is InChI=1S/C17H16N2O2S/c18-11-14-10-16(6-7-17(14)13-8-9-19-12-13)22(20,21)15-4-2-1-3-5-15/h1-7,10,13,19H,8-9,12H2/t13-/m1/s1. The molecule has 0 bridgehead atoms. The van der Waals surface area contributed by atoms with Crippen LogP contribution in [0.2, 0.25) is 0 Å². The summed E-state index contributed by atoms with van der Waals surface area (Å²) in [7, 11) is -3.58. The molecule has 2 aromatic carbocycles. The lowest BCUT2D eigenvalue weighted by Gasteiger charge is -2.12. The van der Waals surface area contributed by atoms with E-state index in [4.69, 9.17) is 0 Å². The van der Waals surface area contributed by atoms with Crippen LogP contribution < -0.4 is 5.32 Å². The van der Waals surface area contributed by atoms with Gasteiger partial charge in [0.15, 0.2) is 0 Å². The van der Waals surface area contributed by atoms with Crippen molar-refractivity contribution in [3.63, 3.8) is 0 Å². The zero-order chi connectivity index (χ0) is 15.6. The third kappa shape index (κ3) is 2.63. The van der Waals surface area contributed by atoms with Gasteiger partial charge in [0.2, 0.25) is 9.84 Å². The SMILES string of the molecule is N#Cc1cc(S(=O)(=O)c2ccccc2)ccc1[C@@H]1CCNC1. The van der Waals surface area contributed by atoms with E-state index in [9.17, 15) is 13.7 Å². The van der Waals surface area contributed by atoms with Gasteiger partial charge in [0.25, 0.3) is 0 Å². The van der Waals surface area contributed by atoms with Crippen LogP contribution in [0.5, 0.6) is 0 Å². The molecule has 1 N–H and O–H groups in total. The quantitative estimate of drug-likeness (QED) is 0.945. The van der Waals surface area contributed by atoms with Gasteiger partial charge in [-0.2, -0.15) is 5.26 Å². The Morgan fingerprint density at radius 2 is 1.86 bits per heavy atom. The molecule has 0 aromatic heterocycles. The normalized spacial score (nSPS) is 18.0. The minimum atomic E-state index is -3.58. The molecule has 0 unspecified atom stereocenters. The highest BCUT2D eigenvalue weighted by atomic mass is 32.2. The maximum absolute atomic E-state index is 12.6. The molecule has 1 aliphatic heterocycles. The Morgan fingerprint density at radius 1 is 1.09 bits per heavy atom. The van der Waals surface area contributed by atoms with Crippen molar-refractivity contribution in [1.29, 1.82) is 5.26 Å². The first-order valence-electron chi connectivity index (χ1n) is 7.18. The Labute approximate surface area is 130 Å². The third-order valence-corrected chi connectivity index (χ3v) is 5.78. The van der Waals surface area contributed by atoms with Gasteiger partial charge in [-0.25, -0.2) is 8.42 Å². The largest absolute Gasteiger partial charge is 0.316 e. The molecule has 0 saturated carbocycles. The topological polar surface area (TPSA) is 70.0 Å². The van der Waals surface area contributed by atoms with E-state index < -0.39 is 9.84 Å². The van der Waals surface area contributed by atoms with Gasteiger partial charge in [0.05, 0.1) is 21.4 Å². The summed E-state index contributed by atoms with van der Waals surface area (Å²) < 4.78 is 25.2. The molecule has 1 atom stereocenters. The van der Waals surface area contributed by atoms with E-state index >= 15 is 0 Å². The van der Waals surface area contributed by atoms with Crippen molar-refractivity contribution in [3.8, 4) is 6.07 Å². The Bertz CT molecular complexity index is 817. The lowest BCUT2D eigenvalue weighted by Crippen LogP contribution is -2.09. The molecule has 112 valence electrons. The summed E-state index contributed by atoms with van der Waals surface area (Å²) in [5.41, 5.74) is 1.38. The van der Waals surface area contributed by atoms with E-state index in [1.54, 1.807) is 42.5 Å². The van der Waals surface area contributed by atoms with E-state index in [1.807, 2.05) is 0 Å². The van der Waals surface area contributed by atoms with E-state index in [-0.39, 0.29) is 15.7 Å². The summed E-state index contributed by atoms with van der Waals surface area (Å²) in [6, 6.07) is 15.3. The van der Waals surface area contributed by atoms with Crippen molar-refractivity contribution in [2.24, 2.45) is 0 Å². The fourth-order valence-corrected chi connectivity index (χ4v) is 4.12. The Morgan fingerprint density at radius 3 is 2.50 bits per heavy atom. The minimum absolute atomic E-state index is 0.171. The predicted octanol–water partition coefficient (Wildman–Crippen LogP) is 2.47. The van der Waals surface area contributed by atoms with E-state index in [1.165, 1.54) is 6.07 Å². The van der Waals surface area contributed by atoms with Crippen molar-refractivity contribution in [1.82, 2.24) is 5.32 Å². The maximum atomic E-state index is 12.6. The van der Waals surface area contributed by atoms with Gasteiger partial charge < -0.3 is 5.32 Å². The van der Waals surface area contributed by atoms with Crippen molar-refractivity contribution in [2.75, 3.05) is 13.1 Å². The van der Waals surface area contributed by atoms with Crippen LogP contribution in [0.4, 0.5) is 0 Å². The highest BCUT2D eigenvalue weighted by molar-refractivity contribution is 7.91. The number of rotatable bonds is 3. The highest BCUT2D eigenvalue weighted by Gasteiger charge is 2.23. The molecule has 0 spiro atoms. The fourth-order valence-electron chi connectivity index (χ4n) is 2.81. The van der Waals surface area contributed by atoms with E-state index in [0.717, 1.165) is 25.1 Å². The average Bonchev–Trinajstić information content (AvgIpc) is 3.09.